The second kappa shape index (κ2) is 6.03. The van der Waals surface area contributed by atoms with Crippen LogP contribution in [-0.4, -0.2) is 47.0 Å². The lowest BCUT2D eigenvalue weighted by Crippen LogP contribution is -2.37. The lowest BCUT2D eigenvalue weighted by molar-refractivity contribution is 0.328. The van der Waals surface area contributed by atoms with Crippen LogP contribution < -0.4 is 14.8 Å². The maximum Gasteiger partial charge on any atom is 0.303 e. The van der Waals surface area contributed by atoms with E-state index >= 15 is 0 Å². The molecule has 0 fully saturated rings. The van der Waals surface area contributed by atoms with Gasteiger partial charge in [0, 0.05) is 33.8 Å². The summed E-state index contributed by atoms with van der Waals surface area (Å²) >= 11 is 0. The number of hydrogen-bond acceptors (Lipinski definition) is 4. The second-order valence-electron chi connectivity index (χ2n) is 3.89. The Kier molecular flexibility index (Phi) is 4.94. The van der Waals surface area contributed by atoms with Crippen molar-refractivity contribution in [3.63, 3.8) is 0 Å². The van der Waals surface area contributed by atoms with Gasteiger partial charge in [-0.15, -0.1) is 0 Å². The van der Waals surface area contributed by atoms with Crippen molar-refractivity contribution in [1.82, 2.24) is 4.31 Å². The molecule has 0 radical (unpaired) electrons. The summed E-state index contributed by atoms with van der Waals surface area (Å²) in [5.74, 6) is 0.596. The number of hydrogen-bond donors (Lipinski definition) is 1. The van der Waals surface area contributed by atoms with Crippen LogP contribution in [0, 0.1) is 0 Å². The molecule has 0 aliphatic carbocycles. The molecule has 0 aliphatic rings. The van der Waals surface area contributed by atoms with Crippen LogP contribution in [0.4, 0.5) is 5.69 Å². The first-order chi connectivity index (χ1) is 8.39. The molecule has 0 aromatic heterocycles. The van der Waals surface area contributed by atoms with Crippen molar-refractivity contribution in [3.05, 3.63) is 24.3 Å². The van der Waals surface area contributed by atoms with Gasteiger partial charge in [0.2, 0.25) is 0 Å². The van der Waals surface area contributed by atoms with E-state index in [1.165, 1.54) is 25.4 Å². The van der Waals surface area contributed by atoms with E-state index in [4.69, 9.17) is 10.5 Å². The minimum Gasteiger partial charge on any atom is -0.492 e. The van der Waals surface area contributed by atoms with Gasteiger partial charge < -0.3 is 10.5 Å². The summed E-state index contributed by atoms with van der Waals surface area (Å²) in [5, 5.41) is 0. The predicted molar refractivity (Wildman–Crippen MR) is 72.0 cm³/mol. The normalized spacial score (nSPS) is 11.6. The highest BCUT2D eigenvalue weighted by Crippen LogP contribution is 2.22. The van der Waals surface area contributed by atoms with Gasteiger partial charge in [0.25, 0.3) is 0 Å². The predicted octanol–water partition coefficient (Wildman–Crippen LogP) is 0.267. The van der Waals surface area contributed by atoms with Crippen LogP contribution in [0.25, 0.3) is 0 Å². The van der Waals surface area contributed by atoms with E-state index < -0.39 is 10.2 Å². The van der Waals surface area contributed by atoms with E-state index in [-0.39, 0.29) is 0 Å². The quantitative estimate of drug-likeness (QED) is 0.807. The number of nitrogens with two attached hydrogens (primary N) is 1. The van der Waals surface area contributed by atoms with Crippen LogP contribution in [0.2, 0.25) is 0 Å². The second-order valence-corrected chi connectivity index (χ2v) is 6.07. The van der Waals surface area contributed by atoms with Crippen molar-refractivity contribution in [2.75, 3.05) is 38.6 Å². The Labute approximate surface area is 108 Å². The van der Waals surface area contributed by atoms with Crippen molar-refractivity contribution in [3.8, 4) is 5.75 Å². The van der Waals surface area contributed by atoms with E-state index in [1.807, 2.05) is 0 Å². The third-order valence-corrected chi connectivity index (χ3v) is 4.20. The Balaban J connectivity index is 2.96. The summed E-state index contributed by atoms with van der Waals surface area (Å²) in [6.07, 6.45) is 0. The molecular formula is C11H19N3O3S. The first-order valence-electron chi connectivity index (χ1n) is 5.49. The molecular weight excluding hydrogens is 254 g/mol. The fourth-order valence-corrected chi connectivity index (χ4v) is 2.19. The first kappa shape index (κ1) is 14.7. The number of anilines is 1. The van der Waals surface area contributed by atoms with Crippen LogP contribution in [0.1, 0.15) is 0 Å². The summed E-state index contributed by atoms with van der Waals surface area (Å²) in [7, 11) is 0.990. The molecule has 0 amide bonds. The average molecular weight is 273 g/mol. The molecule has 0 spiro atoms. The van der Waals surface area contributed by atoms with Crippen molar-refractivity contribution < 1.29 is 13.2 Å². The van der Waals surface area contributed by atoms with Crippen LogP contribution in [0.3, 0.4) is 0 Å². The van der Waals surface area contributed by atoms with Crippen molar-refractivity contribution in [2.45, 2.75) is 0 Å². The largest absolute Gasteiger partial charge is 0.492 e. The standard InChI is InChI=1S/C11H19N3O3S/c1-13(2)18(15,16)14(3)10-5-4-6-11(9-10)17-8-7-12/h4-6,9H,7-8,12H2,1-3H3. The molecule has 2 N–H and O–H groups in total. The van der Waals surface area contributed by atoms with Crippen molar-refractivity contribution in [1.29, 1.82) is 0 Å². The molecule has 6 nitrogen and oxygen atoms in total. The highest BCUT2D eigenvalue weighted by molar-refractivity contribution is 7.90. The Bertz CT molecular complexity index is 488. The van der Waals surface area contributed by atoms with Gasteiger partial charge in [-0.3, -0.25) is 4.31 Å². The Hall–Kier alpha value is -1.31. The van der Waals surface area contributed by atoms with Gasteiger partial charge >= 0.3 is 10.2 Å². The zero-order chi connectivity index (χ0) is 13.8. The Morgan fingerprint density at radius 2 is 1.94 bits per heavy atom. The molecule has 7 heteroatoms. The molecule has 0 saturated carbocycles. The lowest BCUT2D eigenvalue weighted by atomic mass is 10.3. The van der Waals surface area contributed by atoms with Gasteiger partial charge in [0.15, 0.2) is 0 Å². The molecule has 1 aromatic rings. The fraction of sp³-hybridized carbons (Fsp3) is 0.455. The summed E-state index contributed by atoms with van der Waals surface area (Å²) in [6.45, 7) is 0.809. The molecule has 0 aliphatic heterocycles. The third-order valence-electron chi connectivity index (χ3n) is 2.38. The summed E-state index contributed by atoms with van der Waals surface area (Å²) < 4.78 is 31.6. The zero-order valence-corrected chi connectivity index (χ0v) is 11.6. The van der Waals surface area contributed by atoms with Gasteiger partial charge in [-0.2, -0.15) is 12.7 Å². The van der Waals surface area contributed by atoms with E-state index in [1.54, 1.807) is 24.3 Å². The lowest BCUT2D eigenvalue weighted by Gasteiger charge is -2.23. The number of rotatable bonds is 6. The number of benzene rings is 1. The molecule has 0 unspecified atom stereocenters. The summed E-state index contributed by atoms with van der Waals surface area (Å²) in [5.41, 5.74) is 5.89. The molecule has 0 heterocycles. The van der Waals surface area contributed by atoms with Crippen molar-refractivity contribution >= 4 is 15.9 Å². The Morgan fingerprint density at radius 3 is 2.50 bits per heavy atom. The molecule has 18 heavy (non-hydrogen) atoms. The number of nitrogens with zero attached hydrogens (tertiary/aromatic N) is 2. The van der Waals surface area contributed by atoms with Crippen LogP contribution >= 0.6 is 0 Å². The summed E-state index contributed by atoms with van der Waals surface area (Å²) in [6, 6.07) is 6.87. The van der Waals surface area contributed by atoms with E-state index in [0.29, 0.717) is 24.6 Å². The van der Waals surface area contributed by atoms with Crippen LogP contribution in [0.5, 0.6) is 5.75 Å². The van der Waals surface area contributed by atoms with E-state index in [0.717, 1.165) is 4.31 Å². The van der Waals surface area contributed by atoms with Gasteiger partial charge in [-0.05, 0) is 12.1 Å². The Morgan fingerprint density at radius 1 is 1.28 bits per heavy atom. The third kappa shape index (κ3) is 3.34. The minimum absolute atomic E-state index is 0.396. The van der Waals surface area contributed by atoms with Gasteiger partial charge in [0.1, 0.15) is 12.4 Å². The molecule has 0 bridgehead atoms. The molecule has 1 aromatic carbocycles. The van der Waals surface area contributed by atoms with E-state index in [2.05, 4.69) is 0 Å². The SMILES string of the molecule is CN(C)S(=O)(=O)N(C)c1cccc(OCCN)c1. The van der Waals surface area contributed by atoms with Gasteiger partial charge in [0.05, 0.1) is 5.69 Å². The zero-order valence-electron chi connectivity index (χ0n) is 10.8. The maximum absolute atomic E-state index is 11.9. The molecule has 1 rings (SSSR count). The summed E-state index contributed by atoms with van der Waals surface area (Å²) in [4.78, 5) is 0. The van der Waals surface area contributed by atoms with Crippen LogP contribution in [-0.2, 0) is 10.2 Å². The topological polar surface area (TPSA) is 75.9 Å². The molecule has 0 atom stereocenters. The smallest absolute Gasteiger partial charge is 0.303 e. The monoisotopic (exact) mass is 273 g/mol. The van der Waals surface area contributed by atoms with E-state index in [9.17, 15) is 8.42 Å². The molecule has 0 saturated heterocycles. The minimum atomic E-state index is -3.48. The average Bonchev–Trinajstić information content (AvgIpc) is 2.35. The highest BCUT2D eigenvalue weighted by atomic mass is 32.2. The van der Waals surface area contributed by atoms with Gasteiger partial charge in [-0.1, -0.05) is 6.07 Å². The molecule has 102 valence electrons. The highest BCUT2D eigenvalue weighted by Gasteiger charge is 2.20. The van der Waals surface area contributed by atoms with Crippen molar-refractivity contribution in [2.24, 2.45) is 5.73 Å². The number of ether oxygens (including phenoxy) is 1. The van der Waals surface area contributed by atoms with Crippen LogP contribution in [0.15, 0.2) is 24.3 Å². The van der Waals surface area contributed by atoms with Gasteiger partial charge in [-0.25, -0.2) is 0 Å². The fourth-order valence-electron chi connectivity index (χ4n) is 1.32. The first-order valence-corrected chi connectivity index (χ1v) is 6.88. The maximum atomic E-state index is 11.9.